The molecule has 2 unspecified atom stereocenters. The SMILES string of the molecule is CN.CN.CN.CN.CN.CNP(=O)([O-])OC.COP(=O)([O-])O.N=S. The first kappa shape index (κ1) is 49.8. The summed E-state index contributed by atoms with van der Waals surface area (Å²) in [4.78, 5) is 27.0. The van der Waals surface area contributed by atoms with Gasteiger partial charge in [-0.05, 0) is 42.3 Å². The fourth-order valence-corrected chi connectivity index (χ4v) is 0.274. The van der Waals surface area contributed by atoms with Gasteiger partial charge in [-0.3, -0.25) is 14.2 Å². The van der Waals surface area contributed by atoms with Crippen molar-refractivity contribution >= 4 is 28.0 Å². The fourth-order valence-electron chi connectivity index (χ4n) is 0.0913. The number of phosphoric acid groups is 1. The van der Waals surface area contributed by atoms with Crippen LogP contribution in [0.2, 0.25) is 0 Å². The van der Waals surface area contributed by atoms with Crippen LogP contribution in [0.1, 0.15) is 0 Å². The Labute approximate surface area is 156 Å². The fraction of sp³-hybridized carbons (Fsp3) is 1.00. The maximum atomic E-state index is 10.1. The van der Waals surface area contributed by atoms with Crippen LogP contribution in [0.15, 0.2) is 0 Å². The molecule has 0 saturated carbocycles. The number of nitrogens with one attached hydrogen (secondary N) is 2. The van der Waals surface area contributed by atoms with Crippen LogP contribution in [0.25, 0.3) is 0 Å². The predicted octanol–water partition coefficient (Wildman–Crippen LogP) is -3.42. The molecule has 0 fully saturated rings. The Bertz CT molecular complexity index is 245. The number of phosphoric ester groups is 1. The average Bonchev–Trinajstić information content (AvgIpc) is 2.71. The summed E-state index contributed by atoms with van der Waals surface area (Å²) in [6.45, 7) is 0. The maximum Gasteiger partial charge on any atom is 0.264 e. The summed E-state index contributed by atoms with van der Waals surface area (Å²) in [6.07, 6.45) is 0. The van der Waals surface area contributed by atoms with Crippen LogP contribution in [0.4, 0.5) is 0 Å². The zero-order chi connectivity index (χ0) is 23.1. The van der Waals surface area contributed by atoms with Crippen molar-refractivity contribution in [2.45, 2.75) is 0 Å². The van der Waals surface area contributed by atoms with Crippen molar-refractivity contribution in [1.29, 1.82) is 4.78 Å². The Morgan fingerprint density at radius 3 is 1.00 bits per heavy atom. The van der Waals surface area contributed by atoms with Crippen molar-refractivity contribution in [3.05, 3.63) is 0 Å². The van der Waals surface area contributed by atoms with E-state index in [0.29, 0.717) is 0 Å². The lowest BCUT2D eigenvalue weighted by atomic mass is 11.6. The van der Waals surface area contributed by atoms with Gasteiger partial charge < -0.3 is 52.4 Å². The Morgan fingerprint density at radius 2 is 1.00 bits per heavy atom. The van der Waals surface area contributed by atoms with E-state index in [1.165, 1.54) is 42.3 Å². The van der Waals surface area contributed by atoms with Crippen molar-refractivity contribution in [1.82, 2.24) is 5.09 Å². The average molecular weight is 437 g/mol. The van der Waals surface area contributed by atoms with Crippen molar-refractivity contribution < 1.29 is 32.9 Å². The molecule has 0 bridgehead atoms. The van der Waals surface area contributed by atoms with Gasteiger partial charge in [0.2, 0.25) is 7.75 Å². The van der Waals surface area contributed by atoms with Gasteiger partial charge in [0.1, 0.15) is 0 Å². The van der Waals surface area contributed by atoms with Crippen molar-refractivity contribution in [3.8, 4) is 0 Å². The zero-order valence-electron chi connectivity index (χ0n) is 16.1. The van der Waals surface area contributed by atoms with Gasteiger partial charge in [-0.2, -0.15) is 0 Å². The molecule has 164 valence electrons. The second-order valence-corrected chi connectivity index (χ2v) is 4.66. The predicted molar refractivity (Wildman–Crippen MR) is 101 cm³/mol. The van der Waals surface area contributed by atoms with Gasteiger partial charge in [-0.25, -0.2) is 4.78 Å². The van der Waals surface area contributed by atoms with Crippen LogP contribution in [-0.2, 0) is 30.6 Å². The third-order valence-electron chi connectivity index (χ3n) is 0.745. The highest BCUT2D eigenvalue weighted by molar-refractivity contribution is 7.49. The summed E-state index contributed by atoms with van der Waals surface area (Å²) in [5.41, 5.74) is 22.5. The molecule has 0 aromatic rings. The standard InChI is InChI=1S/C2H8NO3P.5CH5N.CH5O4P.HNS/c1-3-7(4,5)6-2;5*1-2;1-5-6(2,3)4;1-2/h1-2H3,(H2,3,4,5);5*2H2,1H3;1H3,(H2,2,3,4);1H/p-2. The van der Waals surface area contributed by atoms with Gasteiger partial charge in [-0.1, -0.05) is 0 Å². The Kier molecular flexibility index (Phi) is 112. The monoisotopic (exact) mass is 437 g/mol. The maximum absolute atomic E-state index is 10.1. The van der Waals surface area contributed by atoms with E-state index >= 15 is 0 Å². The van der Waals surface area contributed by atoms with E-state index in [0.717, 1.165) is 14.2 Å². The Balaban J connectivity index is -0.0000000243. The van der Waals surface area contributed by atoms with Gasteiger partial charge in [0, 0.05) is 26.6 Å². The molecule has 14 nitrogen and oxygen atoms in total. The lowest BCUT2D eigenvalue weighted by Gasteiger charge is -2.17. The van der Waals surface area contributed by atoms with E-state index in [-0.39, 0.29) is 0 Å². The summed E-state index contributed by atoms with van der Waals surface area (Å²) in [7, 11) is 2.72. The molecule has 0 spiro atoms. The van der Waals surface area contributed by atoms with Gasteiger partial charge in [0.15, 0.2) is 0 Å². The van der Waals surface area contributed by atoms with E-state index in [1.54, 1.807) is 0 Å². The van der Waals surface area contributed by atoms with Gasteiger partial charge in [-0.15, -0.1) is 0 Å². The quantitative estimate of drug-likeness (QED) is 0.199. The number of rotatable bonds is 3. The molecule has 13 N–H and O–H groups in total. The van der Waals surface area contributed by atoms with Gasteiger partial charge >= 0.3 is 0 Å². The molecule has 0 radical (unpaired) electrons. The van der Waals surface area contributed by atoms with Crippen LogP contribution in [-0.4, -0.2) is 61.4 Å². The Hall–Kier alpha value is 0.0400. The highest BCUT2D eigenvalue weighted by Crippen LogP contribution is 2.27. The molecule has 0 saturated heterocycles. The number of nitrogens with two attached hydrogens (primary N) is 5. The van der Waals surface area contributed by atoms with Crippen LogP contribution in [0, 0.1) is 4.78 Å². The summed E-state index contributed by atoms with van der Waals surface area (Å²) >= 11 is 3.33. The second kappa shape index (κ2) is 56.4. The molecule has 0 rings (SSSR count). The molecule has 25 heavy (non-hydrogen) atoms. The minimum absolute atomic E-state index is 0.883. The molecule has 0 aromatic carbocycles. The molecule has 0 heterocycles. The normalized spacial score (nSPS) is 11.4. The third-order valence-corrected chi connectivity index (χ3v) is 2.23. The van der Waals surface area contributed by atoms with Crippen LogP contribution >= 0.6 is 15.6 Å². The van der Waals surface area contributed by atoms with E-state index in [1.807, 2.05) is 5.09 Å². The van der Waals surface area contributed by atoms with Crippen LogP contribution in [0.5, 0.6) is 0 Å². The molecular weight excluding hydrogens is 400 g/mol. The minimum atomic E-state index is -4.40. The molecule has 0 aliphatic carbocycles. The van der Waals surface area contributed by atoms with Gasteiger partial charge in [0.05, 0.1) is 0 Å². The first-order valence-electron chi connectivity index (χ1n) is 5.93. The summed E-state index contributed by atoms with van der Waals surface area (Å²) in [5, 5.41) is 1.97. The van der Waals surface area contributed by atoms with Crippen LogP contribution in [0.3, 0.4) is 0 Å². The second-order valence-electron chi connectivity index (χ2n) is 1.55. The van der Waals surface area contributed by atoms with Crippen molar-refractivity contribution in [2.24, 2.45) is 28.7 Å². The van der Waals surface area contributed by atoms with Crippen molar-refractivity contribution in [2.75, 3.05) is 56.5 Å². The topological polar surface area (TPSA) is 285 Å². The highest BCUT2D eigenvalue weighted by atomic mass is 32.1. The van der Waals surface area contributed by atoms with E-state index in [2.05, 4.69) is 50.1 Å². The summed E-state index contributed by atoms with van der Waals surface area (Å²) in [6, 6.07) is 0. The zero-order valence-corrected chi connectivity index (χ0v) is 18.7. The largest absolute Gasteiger partial charge is 0.766 e. The molecule has 0 aliphatic heterocycles. The van der Waals surface area contributed by atoms with E-state index in [4.69, 9.17) is 9.67 Å². The Morgan fingerprint density at radius 1 is 0.840 bits per heavy atom. The lowest BCUT2D eigenvalue weighted by Crippen LogP contribution is -2.15. The molecule has 17 heteroatoms. The van der Waals surface area contributed by atoms with E-state index < -0.39 is 15.6 Å². The summed E-state index contributed by atoms with van der Waals surface area (Å²) in [5.74, 6) is 0. The summed E-state index contributed by atoms with van der Waals surface area (Å²) < 4.78 is 32.2. The molecule has 2 atom stereocenters. The molecule has 0 amide bonds. The molecular formula is C8H37N7O7P2S-2. The van der Waals surface area contributed by atoms with Crippen molar-refractivity contribution in [3.63, 3.8) is 0 Å². The number of hydrogen-bond donors (Lipinski definition) is 8. The molecule has 0 aliphatic rings. The minimum Gasteiger partial charge on any atom is -0.766 e. The smallest absolute Gasteiger partial charge is 0.264 e. The highest BCUT2D eigenvalue weighted by Gasteiger charge is 1.95. The first-order chi connectivity index (χ1) is 11.7. The third kappa shape index (κ3) is 143. The first-order valence-corrected chi connectivity index (χ1v) is 9.37. The lowest BCUT2D eigenvalue weighted by molar-refractivity contribution is -0.217. The van der Waals surface area contributed by atoms with Gasteiger partial charge in [0.25, 0.3) is 7.82 Å². The molecule has 0 aromatic heterocycles. The number of hydrogen-bond acceptors (Lipinski definition) is 13. The van der Waals surface area contributed by atoms with E-state index in [9.17, 15) is 18.9 Å². The van der Waals surface area contributed by atoms with Crippen LogP contribution < -0.4 is 43.5 Å².